The largest absolute Gasteiger partial charge is 0.476 e. The number of nitrogens with zero attached hydrogens (tertiary/aromatic N) is 2. The van der Waals surface area contributed by atoms with Crippen molar-refractivity contribution in [2.75, 3.05) is 5.32 Å². The number of carbonyl (C=O) groups is 1. The van der Waals surface area contributed by atoms with E-state index < -0.39 is 5.97 Å². The van der Waals surface area contributed by atoms with Gasteiger partial charge in [0.05, 0.1) is 5.69 Å². The monoisotopic (exact) mass is 247 g/mol. The Balaban J connectivity index is 2.24. The Morgan fingerprint density at radius 2 is 2.06 bits per heavy atom. The summed E-state index contributed by atoms with van der Waals surface area (Å²) in [5.41, 5.74) is 0.618. The van der Waals surface area contributed by atoms with Gasteiger partial charge in [-0.25, -0.2) is 9.18 Å². The average Bonchev–Trinajstić information content (AvgIpc) is 2.36. The Hall–Kier alpha value is -2.50. The second-order valence-corrected chi connectivity index (χ2v) is 3.67. The van der Waals surface area contributed by atoms with Gasteiger partial charge >= 0.3 is 5.97 Å². The van der Waals surface area contributed by atoms with Crippen molar-refractivity contribution >= 4 is 17.5 Å². The highest BCUT2D eigenvalue weighted by Gasteiger charge is 2.08. The summed E-state index contributed by atoms with van der Waals surface area (Å²) in [7, 11) is 0. The van der Waals surface area contributed by atoms with Crippen molar-refractivity contribution in [2.45, 2.75) is 6.92 Å². The van der Waals surface area contributed by atoms with E-state index in [1.165, 1.54) is 12.1 Å². The molecule has 18 heavy (non-hydrogen) atoms. The maximum Gasteiger partial charge on any atom is 0.356 e. The van der Waals surface area contributed by atoms with Crippen LogP contribution in [0.15, 0.2) is 30.3 Å². The third-order valence-corrected chi connectivity index (χ3v) is 2.34. The summed E-state index contributed by atoms with van der Waals surface area (Å²) in [6.07, 6.45) is 0. The number of halogens is 1. The van der Waals surface area contributed by atoms with Crippen molar-refractivity contribution in [3.8, 4) is 0 Å². The van der Waals surface area contributed by atoms with Gasteiger partial charge in [-0.15, -0.1) is 10.2 Å². The highest BCUT2D eigenvalue weighted by Crippen LogP contribution is 2.20. The van der Waals surface area contributed by atoms with E-state index in [1.54, 1.807) is 25.1 Å². The Labute approximate surface area is 102 Å². The predicted octanol–water partition coefficient (Wildman–Crippen LogP) is 2.37. The molecule has 0 atom stereocenters. The summed E-state index contributed by atoms with van der Waals surface area (Å²) in [6.45, 7) is 1.65. The van der Waals surface area contributed by atoms with E-state index >= 15 is 0 Å². The first-order valence-electron chi connectivity index (χ1n) is 5.17. The summed E-state index contributed by atoms with van der Waals surface area (Å²) < 4.78 is 13.7. The SMILES string of the molecule is Cc1cccc(Nc2ccc(C(=O)O)nn2)c1F. The van der Waals surface area contributed by atoms with Crippen LogP contribution in [0.25, 0.3) is 0 Å². The van der Waals surface area contributed by atoms with Crippen molar-refractivity contribution in [1.29, 1.82) is 0 Å². The molecule has 1 aromatic heterocycles. The summed E-state index contributed by atoms with van der Waals surface area (Å²) in [5.74, 6) is -1.25. The van der Waals surface area contributed by atoms with Gasteiger partial charge < -0.3 is 10.4 Å². The molecule has 0 aliphatic heterocycles. The van der Waals surface area contributed by atoms with Gasteiger partial charge in [0, 0.05) is 0 Å². The van der Waals surface area contributed by atoms with E-state index in [1.807, 2.05) is 0 Å². The van der Waals surface area contributed by atoms with Crippen LogP contribution in [0.1, 0.15) is 16.1 Å². The molecule has 0 fully saturated rings. The highest BCUT2D eigenvalue weighted by atomic mass is 19.1. The lowest BCUT2D eigenvalue weighted by atomic mass is 10.2. The summed E-state index contributed by atoms with van der Waals surface area (Å²) in [4.78, 5) is 10.6. The van der Waals surface area contributed by atoms with E-state index in [9.17, 15) is 9.18 Å². The molecule has 1 aromatic carbocycles. The molecule has 92 valence electrons. The van der Waals surface area contributed by atoms with Crippen LogP contribution in [-0.4, -0.2) is 21.3 Å². The number of aromatic carboxylic acids is 1. The van der Waals surface area contributed by atoms with Crippen LogP contribution in [0.5, 0.6) is 0 Å². The Morgan fingerprint density at radius 3 is 2.67 bits per heavy atom. The molecule has 0 amide bonds. The number of carboxylic acid groups (broad SMARTS) is 1. The van der Waals surface area contributed by atoms with E-state index in [2.05, 4.69) is 15.5 Å². The van der Waals surface area contributed by atoms with Crippen molar-refractivity contribution in [2.24, 2.45) is 0 Å². The second-order valence-electron chi connectivity index (χ2n) is 3.67. The normalized spacial score (nSPS) is 10.1. The summed E-state index contributed by atoms with van der Waals surface area (Å²) in [6, 6.07) is 7.65. The van der Waals surface area contributed by atoms with Gasteiger partial charge in [-0.3, -0.25) is 0 Å². The zero-order valence-electron chi connectivity index (χ0n) is 9.51. The molecule has 0 aliphatic rings. The zero-order valence-corrected chi connectivity index (χ0v) is 9.51. The minimum absolute atomic E-state index is 0.162. The zero-order chi connectivity index (χ0) is 13.1. The fourth-order valence-electron chi connectivity index (χ4n) is 1.39. The Kier molecular flexibility index (Phi) is 3.18. The minimum atomic E-state index is -1.16. The molecule has 0 spiro atoms. The number of hydrogen-bond acceptors (Lipinski definition) is 4. The summed E-state index contributed by atoms with van der Waals surface area (Å²) in [5, 5.41) is 18.6. The van der Waals surface area contributed by atoms with E-state index in [0.717, 1.165) is 0 Å². The molecule has 6 heteroatoms. The number of carboxylic acids is 1. The van der Waals surface area contributed by atoms with Crippen LogP contribution < -0.4 is 5.32 Å². The van der Waals surface area contributed by atoms with E-state index in [-0.39, 0.29) is 23.0 Å². The molecule has 0 aliphatic carbocycles. The fourth-order valence-corrected chi connectivity index (χ4v) is 1.39. The molecule has 0 saturated heterocycles. The first-order chi connectivity index (χ1) is 8.58. The third-order valence-electron chi connectivity index (χ3n) is 2.34. The first-order valence-corrected chi connectivity index (χ1v) is 5.17. The molecule has 1 heterocycles. The molecule has 2 aromatic rings. The van der Waals surface area contributed by atoms with Crippen molar-refractivity contribution < 1.29 is 14.3 Å². The van der Waals surface area contributed by atoms with Crippen molar-refractivity contribution in [3.05, 3.63) is 47.4 Å². The highest BCUT2D eigenvalue weighted by molar-refractivity contribution is 5.85. The van der Waals surface area contributed by atoms with Crippen LogP contribution in [0.4, 0.5) is 15.9 Å². The number of hydrogen-bond donors (Lipinski definition) is 2. The molecule has 0 unspecified atom stereocenters. The maximum absolute atomic E-state index is 13.7. The number of nitrogens with one attached hydrogen (secondary N) is 1. The van der Waals surface area contributed by atoms with Gasteiger partial charge in [0.25, 0.3) is 0 Å². The van der Waals surface area contributed by atoms with Gasteiger partial charge in [-0.1, -0.05) is 12.1 Å². The quantitative estimate of drug-likeness (QED) is 0.870. The molecule has 2 rings (SSSR count). The lowest BCUT2D eigenvalue weighted by Gasteiger charge is -2.07. The van der Waals surface area contributed by atoms with Crippen LogP contribution in [0, 0.1) is 12.7 Å². The Bertz CT molecular complexity index is 584. The Morgan fingerprint density at radius 1 is 1.28 bits per heavy atom. The minimum Gasteiger partial charge on any atom is -0.476 e. The lowest BCUT2D eigenvalue weighted by Crippen LogP contribution is -2.04. The number of rotatable bonds is 3. The molecular formula is C12H10FN3O2. The van der Waals surface area contributed by atoms with Crippen LogP contribution >= 0.6 is 0 Å². The predicted molar refractivity (Wildman–Crippen MR) is 63.4 cm³/mol. The van der Waals surface area contributed by atoms with Gasteiger partial charge in [-0.05, 0) is 30.7 Å². The summed E-state index contributed by atoms with van der Waals surface area (Å²) >= 11 is 0. The molecule has 0 radical (unpaired) electrons. The van der Waals surface area contributed by atoms with Crippen LogP contribution in [-0.2, 0) is 0 Å². The number of benzene rings is 1. The van der Waals surface area contributed by atoms with Gasteiger partial charge in [-0.2, -0.15) is 0 Å². The molecule has 2 N–H and O–H groups in total. The van der Waals surface area contributed by atoms with Crippen molar-refractivity contribution in [3.63, 3.8) is 0 Å². The molecule has 0 bridgehead atoms. The smallest absolute Gasteiger partial charge is 0.356 e. The van der Waals surface area contributed by atoms with Crippen molar-refractivity contribution in [1.82, 2.24) is 10.2 Å². The lowest BCUT2D eigenvalue weighted by molar-refractivity contribution is 0.0689. The number of anilines is 2. The van der Waals surface area contributed by atoms with E-state index in [4.69, 9.17) is 5.11 Å². The van der Waals surface area contributed by atoms with Crippen LogP contribution in [0.2, 0.25) is 0 Å². The first kappa shape index (κ1) is 12.0. The fraction of sp³-hybridized carbons (Fsp3) is 0.0833. The molecule has 5 nitrogen and oxygen atoms in total. The van der Waals surface area contributed by atoms with Gasteiger partial charge in [0.1, 0.15) is 5.82 Å². The average molecular weight is 247 g/mol. The number of aromatic nitrogens is 2. The topological polar surface area (TPSA) is 75.1 Å². The standard InChI is InChI=1S/C12H10FN3O2/c1-7-3-2-4-8(11(7)13)14-10-6-5-9(12(17)18)15-16-10/h2-6H,1H3,(H,14,16)(H,17,18). The maximum atomic E-state index is 13.7. The molecule has 0 saturated carbocycles. The number of aryl methyl sites for hydroxylation is 1. The van der Waals surface area contributed by atoms with Crippen LogP contribution in [0.3, 0.4) is 0 Å². The van der Waals surface area contributed by atoms with E-state index in [0.29, 0.717) is 5.56 Å². The van der Waals surface area contributed by atoms with Gasteiger partial charge in [0.2, 0.25) is 0 Å². The molecular weight excluding hydrogens is 237 g/mol. The van der Waals surface area contributed by atoms with Gasteiger partial charge in [0.15, 0.2) is 11.5 Å². The second kappa shape index (κ2) is 4.79. The third kappa shape index (κ3) is 2.42.